The van der Waals surface area contributed by atoms with Crippen LogP contribution in [0.25, 0.3) is 0 Å². The number of carboxylic acid groups (broad SMARTS) is 1. The van der Waals surface area contributed by atoms with E-state index in [0.29, 0.717) is 6.04 Å². The third kappa shape index (κ3) is 5.11. The van der Waals surface area contributed by atoms with Crippen LogP contribution in [0.3, 0.4) is 0 Å². The summed E-state index contributed by atoms with van der Waals surface area (Å²) in [5.74, 6) is -0.993. The van der Waals surface area contributed by atoms with Crippen molar-refractivity contribution in [3.63, 3.8) is 0 Å². The molecule has 0 aliphatic carbocycles. The highest BCUT2D eigenvalue weighted by atomic mass is 35.5. The Hall–Kier alpha value is -1.22. The molecule has 0 saturated carbocycles. The Morgan fingerprint density at radius 2 is 2.05 bits per heavy atom. The molecule has 0 fully saturated rings. The average molecular weight is 284 g/mol. The van der Waals surface area contributed by atoms with Gasteiger partial charge in [0.2, 0.25) is 0 Å². The third-order valence-electron chi connectivity index (χ3n) is 3.11. The summed E-state index contributed by atoms with van der Waals surface area (Å²) in [6, 6.07) is 5.45. The first-order valence-corrected chi connectivity index (χ1v) is 7.25. The second kappa shape index (κ2) is 8.05. The van der Waals surface area contributed by atoms with Crippen molar-refractivity contribution in [3.8, 4) is 0 Å². The number of unbranched alkanes of at least 4 members (excludes halogenated alkanes) is 1. The van der Waals surface area contributed by atoms with Gasteiger partial charge in [0.05, 0.1) is 10.6 Å². The summed E-state index contributed by atoms with van der Waals surface area (Å²) >= 11 is 5.97. The molecule has 0 saturated heterocycles. The van der Waals surface area contributed by atoms with E-state index in [-0.39, 0.29) is 10.6 Å². The van der Waals surface area contributed by atoms with Crippen molar-refractivity contribution in [1.29, 1.82) is 0 Å². The van der Waals surface area contributed by atoms with E-state index >= 15 is 0 Å². The molecule has 1 rings (SSSR count). The summed E-state index contributed by atoms with van der Waals surface area (Å²) in [4.78, 5) is 10.9. The minimum atomic E-state index is -0.993. The molecule has 0 spiro atoms. The Bertz CT molecular complexity index is 421. The predicted octanol–water partition coefficient (Wildman–Crippen LogP) is 4.81. The van der Waals surface area contributed by atoms with Crippen LogP contribution in [0.5, 0.6) is 0 Å². The van der Waals surface area contributed by atoms with Crippen molar-refractivity contribution in [2.75, 3.05) is 5.32 Å². The average Bonchev–Trinajstić information content (AvgIpc) is 2.36. The number of rotatable bonds is 8. The van der Waals surface area contributed by atoms with Crippen molar-refractivity contribution in [3.05, 3.63) is 28.8 Å². The van der Waals surface area contributed by atoms with E-state index in [9.17, 15) is 4.79 Å². The van der Waals surface area contributed by atoms with E-state index in [1.165, 1.54) is 12.8 Å². The molecule has 1 unspecified atom stereocenters. The maximum atomic E-state index is 10.9. The molecule has 0 radical (unpaired) electrons. The minimum absolute atomic E-state index is 0.146. The second-order valence-corrected chi connectivity index (χ2v) is 5.18. The van der Waals surface area contributed by atoms with Crippen molar-refractivity contribution in [2.24, 2.45) is 0 Å². The summed E-state index contributed by atoms with van der Waals surface area (Å²) < 4.78 is 0. The molecule has 1 aromatic rings. The van der Waals surface area contributed by atoms with Crippen molar-refractivity contribution in [2.45, 2.75) is 52.0 Å². The quantitative estimate of drug-likeness (QED) is 0.720. The lowest BCUT2D eigenvalue weighted by Gasteiger charge is -2.19. The fraction of sp³-hybridized carbons (Fsp3) is 0.533. The number of hydrogen-bond donors (Lipinski definition) is 2. The molecule has 1 atom stereocenters. The topological polar surface area (TPSA) is 49.3 Å². The predicted molar refractivity (Wildman–Crippen MR) is 80.3 cm³/mol. The van der Waals surface area contributed by atoms with Crippen molar-refractivity contribution >= 4 is 23.3 Å². The zero-order chi connectivity index (χ0) is 14.3. The lowest BCUT2D eigenvalue weighted by Crippen LogP contribution is -2.19. The largest absolute Gasteiger partial charge is 0.478 e. The maximum Gasteiger partial charge on any atom is 0.337 e. The van der Waals surface area contributed by atoms with E-state index < -0.39 is 5.97 Å². The molecule has 2 N–H and O–H groups in total. The van der Waals surface area contributed by atoms with Crippen LogP contribution in [-0.2, 0) is 0 Å². The van der Waals surface area contributed by atoms with E-state index in [1.807, 2.05) is 0 Å². The fourth-order valence-corrected chi connectivity index (χ4v) is 2.36. The maximum absolute atomic E-state index is 10.9. The second-order valence-electron chi connectivity index (χ2n) is 4.77. The molecule has 1 aromatic carbocycles. The van der Waals surface area contributed by atoms with E-state index in [4.69, 9.17) is 16.7 Å². The molecule has 0 heterocycles. The van der Waals surface area contributed by atoms with Gasteiger partial charge in [-0.15, -0.1) is 0 Å². The van der Waals surface area contributed by atoms with Gasteiger partial charge < -0.3 is 10.4 Å². The van der Waals surface area contributed by atoms with Gasteiger partial charge in [0.25, 0.3) is 0 Å². The van der Waals surface area contributed by atoms with Gasteiger partial charge in [0.1, 0.15) is 0 Å². The van der Waals surface area contributed by atoms with Crippen molar-refractivity contribution in [1.82, 2.24) is 0 Å². The molecule has 0 aromatic heterocycles. The smallest absolute Gasteiger partial charge is 0.337 e. The van der Waals surface area contributed by atoms with Crippen molar-refractivity contribution < 1.29 is 9.90 Å². The molecule has 0 amide bonds. The van der Waals surface area contributed by atoms with Gasteiger partial charge in [-0.05, 0) is 31.0 Å². The van der Waals surface area contributed by atoms with Crippen LogP contribution in [0.15, 0.2) is 18.2 Å². The SMILES string of the molecule is CCCCC(CCC)Nc1ccc(C(=O)O)c(Cl)c1. The first-order chi connectivity index (χ1) is 9.08. The van der Waals surface area contributed by atoms with Gasteiger partial charge in [0, 0.05) is 11.7 Å². The number of halogens is 1. The normalized spacial score (nSPS) is 12.2. The first kappa shape index (κ1) is 15.8. The number of hydrogen-bond acceptors (Lipinski definition) is 2. The number of carboxylic acids is 1. The van der Waals surface area contributed by atoms with Crippen LogP contribution in [-0.4, -0.2) is 17.1 Å². The summed E-state index contributed by atoms with van der Waals surface area (Å²) in [6.07, 6.45) is 5.74. The number of aromatic carboxylic acids is 1. The summed E-state index contributed by atoms with van der Waals surface area (Å²) in [7, 11) is 0. The lowest BCUT2D eigenvalue weighted by molar-refractivity contribution is 0.0697. The van der Waals surface area contributed by atoms with Gasteiger partial charge >= 0.3 is 5.97 Å². The fourth-order valence-electron chi connectivity index (χ4n) is 2.10. The Morgan fingerprint density at radius 3 is 2.58 bits per heavy atom. The van der Waals surface area contributed by atoms with Gasteiger partial charge in [0.15, 0.2) is 0 Å². The zero-order valence-electron chi connectivity index (χ0n) is 11.6. The number of benzene rings is 1. The van der Waals surface area contributed by atoms with Gasteiger partial charge in [-0.25, -0.2) is 4.79 Å². The molecule has 3 nitrogen and oxygen atoms in total. The van der Waals surface area contributed by atoms with Crippen LogP contribution >= 0.6 is 11.6 Å². The van der Waals surface area contributed by atoms with Gasteiger partial charge in [-0.1, -0.05) is 44.7 Å². The van der Waals surface area contributed by atoms with Crippen LogP contribution in [0.4, 0.5) is 5.69 Å². The van der Waals surface area contributed by atoms with E-state index in [0.717, 1.165) is 24.9 Å². The summed E-state index contributed by atoms with van der Waals surface area (Å²) in [5, 5.41) is 12.7. The Balaban J connectivity index is 2.73. The van der Waals surface area contributed by atoms with Gasteiger partial charge in [-0.2, -0.15) is 0 Å². The van der Waals surface area contributed by atoms with Crippen LogP contribution in [0, 0.1) is 0 Å². The highest BCUT2D eigenvalue weighted by molar-refractivity contribution is 6.33. The first-order valence-electron chi connectivity index (χ1n) is 6.87. The van der Waals surface area contributed by atoms with Gasteiger partial charge in [-0.3, -0.25) is 0 Å². The summed E-state index contributed by atoms with van der Waals surface area (Å²) in [6.45, 7) is 4.35. The van der Waals surface area contributed by atoms with E-state index in [1.54, 1.807) is 18.2 Å². The van der Waals surface area contributed by atoms with E-state index in [2.05, 4.69) is 19.2 Å². The molecular weight excluding hydrogens is 262 g/mol. The minimum Gasteiger partial charge on any atom is -0.478 e. The standard InChI is InChI=1S/C15H22ClNO2/c1-3-5-7-11(6-4-2)17-12-8-9-13(15(18)19)14(16)10-12/h8-11,17H,3-7H2,1-2H3,(H,18,19). The molecule has 0 aliphatic rings. The Morgan fingerprint density at radius 1 is 1.32 bits per heavy atom. The number of nitrogens with one attached hydrogen (secondary N) is 1. The lowest BCUT2D eigenvalue weighted by atomic mass is 10.0. The van der Waals surface area contributed by atoms with Crippen LogP contribution < -0.4 is 5.32 Å². The number of carbonyl (C=O) groups is 1. The monoisotopic (exact) mass is 283 g/mol. The third-order valence-corrected chi connectivity index (χ3v) is 3.43. The molecule has 106 valence electrons. The zero-order valence-corrected chi connectivity index (χ0v) is 12.3. The Labute approximate surface area is 120 Å². The molecular formula is C15H22ClNO2. The van der Waals surface area contributed by atoms with Crippen LogP contribution in [0.1, 0.15) is 56.3 Å². The molecule has 4 heteroatoms. The Kier molecular flexibility index (Phi) is 6.71. The number of anilines is 1. The highest BCUT2D eigenvalue weighted by Gasteiger charge is 2.11. The molecule has 19 heavy (non-hydrogen) atoms. The summed E-state index contributed by atoms with van der Waals surface area (Å²) in [5.41, 5.74) is 1.04. The highest BCUT2D eigenvalue weighted by Crippen LogP contribution is 2.23. The van der Waals surface area contributed by atoms with Crippen LogP contribution in [0.2, 0.25) is 5.02 Å². The molecule has 0 bridgehead atoms. The molecule has 0 aliphatic heterocycles.